The van der Waals surface area contributed by atoms with Crippen molar-refractivity contribution in [2.45, 2.75) is 129 Å². The van der Waals surface area contributed by atoms with Crippen LogP contribution < -0.4 is 10.6 Å². The molecule has 250 valence electrons. The van der Waals surface area contributed by atoms with E-state index in [4.69, 9.17) is 19.1 Å². The van der Waals surface area contributed by atoms with Crippen LogP contribution >= 0.6 is 0 Å². The molecule has 0 aromatic rings. The average molecular weight is 623 g/mol. The molecule has 2 saturated heterocycles. The first-order chi connectivity index (χ1) is 20.7. The van der Waals surface area contributed by atoms with E-state index in [0.717, 1.165) is 74.3 Å². The fourth-order valence-electron chi connectivity index (χ4n) is 7.30. The molecule has 0 aromatic heterocycles. The maximum atomic E-state index is 13.5. The van der Waals surface area contributed by atoms with Crippen molar-refractivity contribution in [3.05, 3.63) is 0 Å². The molecule has 4 rings (SSSR count). The van der Waals surface area contributed by atoms with Gasteiger partial charge in [-0.15, -0.1) is 10.1 Å². The molecule has 44 heavy (non-hydrogen) atoms. The fourth-order valence-corrected chi connectivity index (χ4v) is 7.30. The summed E-state index contributed by atoms with van der Waals surface area (Å²) in [4.78, 5) is 65.3. The minimum Gasteiger partial charge on any atom is -0.442 e. The van der Waals surface area contributed by atoms with E-state index in [9.17, 15) is 19.2 Å². The number of hydrogen-bond acceptors (Lipinski definition) is 10. The molecule has 0 aromatic carbocycles. The Hall–Kier alpha value is -2.60. The number of nitrogens with one attached hydrogen (secondary N) is 2. The third-order valence-corrected chi connectivity index (χ3v) is 9.08. The third-order valence-electron chi connectivity index (χ3n) is 9.08. The third kappa shape index (κ3) is 9.22. The number of ether oxygens (including phenoxy) is 2. The van der Waals surface area contributed by atoms with Gasteiger partial charge < -0.3 is 29.8 Å². The zero-order chi connectivity index (χ0) is 32.1. The van der Waals surface area contributed by atoms with Gasteiger partial charge in [-0.1, -0.05) is 38.5 Å². The Bertz CT molecular complexity index is 917. The Balaban J connectivity index is 1.59. The smallest absolute Gasteiger partial charge is 0.442 e. The maximum absolute atomic E-state index is 13.5. The summed E-state index contributed by atoms with van der Waals surface area (Å²) in [7, 11) is 0. The van der Waals surface area contributed by atoms with Crippen LogP contribution in [0.25, 0.3) is 0 Å². The van der Waals surface area contributed by atoms with E-state index < -0.39 is 47.4 Å². The largest absolute Gasteiger partial charge is 0.444 e. The molecule has 4 atom stereocenters. The number of hydrogen-bond donors (Lipinski definition) is 2. The Labute approximate surface area is 262 Å². The van der Waals surface area contributed by atoms with E-state index in [0.29, 0.717) is 26.2 Å². The Morgan fingerprint density at radius 3 is 1.09 bits per heavy atom. The van der Waals surface area contributed by atoms with Crippen LogP contribution in [0.1, 0.15) is 106 Å². The lowest BCUT2D eigenvalue weighted by molar-refractivity contribution is -0.230. The van der Waals surface area contributed by atoms with Crippen molar-refractivity contribution in [2.24, 2.45) is 23.7 Å². The van der Waals surface area contributed by atoms with Crippen LogP contribution in [0.4, 0.5) is 9.59 Å². The standard InChI is InChI=1S/C32H54N4O8/c1-31(2,3)41-29(39)35(25-21-13-9-7-10-14-22(25)18-33-17-21)43-27(37)28(38)44-36(30(40)42-32(4,5)6)26-23-15-11-8-12-16-24(26)20-34-19-23/h21-26,33-34H,7-20H2,1-6H3. The van der Waals surface area contributed by atoms with Gasteiger partial charge in [0.25, 0.3) is 0 Å². The first-order valence-corrected chi connectivity index (χ1v) is 16.6. The van der Waals surface area contributed by atoms with Gasteiger partial charge in [0.05, 0.1) is 12.1 Å². The summed E-state index contributed by atoms with van der Waals surface area (Å²) < 4.78 is 11.3. The van der Waals surface area contributed by atoms with Gasteiger partial charge in [0.1, 0.15) is 11.2 Å². The van der Waals surface area contributed by atoms with E-state index in [1.807, 2.05) is 0 Å². The van der Waals surface area contributed by atoms with Crippen molar-refractivity contribution in [2.75, 3.05) is 26.2 Å². The zero-order valence-electron chi connectivity index (χ0n) is 27.5. The van der Waals surface area contributed by atoms with Crippen molar-refractivity contribution in [3.63, 3.8) is 0 Å². The van der Waals surface area contributed by atoms with Gasteiger partial charge in [0, 0.05) is 26.2 Å². The molecule has 12 heteroatoms. The Morgan fingerprint density at radius 1 is 0.523 bits per heavy atom. The lowest BCUT2D eigenvalue weighted by Gasteiger charge is -2.45. The molecule has 4 fully saturated rings. The van der Waals surface area contributed by atoms with Gasteiger partial charge in [-0.05, 0) is 90.9 Å². The second kappa shape index (κ2) is 14.7. The molecule has 2 heterocycles. The molecule has 2 aliphatic heterocycles. The van der Waals surface area contributed by atoms with Crippen LogP contribution in [-0.4, -0.2) is 83.7 Å². The molecule has 12 nitrogen and oxygen atoms in total. The average Bonchev–Trinajstić information content (AvgIpc) is 2.92. The number of piperidine rings is 2. The highest BCUT2D eigenvalue weighted by Gasteiger charge is 2.47. The zero-order valence-corrected chi connectivity index (χ0v) is 27.5. The normalized spacial score (nSPS) is 29.4. The monoisotopic (exact) mass is 622 g/mol. The summed E-state index contributed by atoms with van der Waals surface area (Å²) in [5.74, 6) is -2.69. The van der Waals surface area contributed by atoms with Crippen LogP contribution in [0.5, 0.6) is 0 Å². The van der Waals surface area contributed by atoms with Crippen LogP contribution in [0.3, 0.4) is 0 Å². The number of hydroxylamine groups is 4. The van der Waals surface area contributed by atoms with Crippen molar-refractivity contribution in [1.82, 2.24) is 20.8 Å². The van der Waals surface area contributed by atoms with E-state index >= 15 is 0 Å². The molecule has 0 radical (unpaired) electrons. The number of carbonyl (C=O) groups excluding carboxylic acids is 4. The minimum absolute atomic E-state index is 0.0189. The molecule has 4 unspecified atom stereocenters. The van der Waals surface area contributed by atoms with Crippen LogP contribution in [0.2, 0.25) is 0 Å². The van der Waals surface area contributed by atoms with E-state index in [-0.39, 0.29) is 23.7 Å². The minimum atomic E-state index is -1.38. The Kier molecular flexibility index (Phi) is 11.4. The maximum Gasteiger partial charge on any atom is 0.444 e. The lowest BCUT2D eigenvalue weighted by atomic mass is 9.77. The summed E-state index contributed by atoms with van der Waals surface area (Å²) >= 11 is 0. The number of amides is 2. The molecular weight excluding hydrogens is 568 g/mol. The molecule has 4 bridgehead atoms. The predicted molar refractivity (Wildman–Crippen MR) is 162 cm³/mol. The van der Waals surface area contributed by atoms with Crippen LogP contribution in [0, 0.1) is 23.7 Å². The van der Waals surface area contributed by atoms with Gasteiger partial charge >= 0.3 is 24.1 Å². The number of nitrogens with zero attached hydrogens (tertiary/aromatic N) is 2. The number of fused-ring (bicyclic) bond motifs is 4. The highest BCUT2D eigenvalue weighted by atomic mass is 16.8. The highest BCUT2D eigenvalue weighted by Crippen LogP contribution is 2.36. The summed E-state index contributed by atoms with van der Waals surface area (Å²) in [6.45, 7) is 13.1. The molecule has 0 spiro atoms. The Morgan fingerprint density at radius 2 is 0.818 bits per heavy atom. The second-order valence-corrected chi connectivity index (χ2v) is 15.0. The summed E-state index contributed by atoms with van der Waals surface area (Å²) in [6.07, 6.45) is 7.94. The quantitative estimate of drug-likeness (QED) is 0.329. The molecule has 2 N–H and O–H groups in total. The first kappa shape index (κ1) is 34.3. The van der Waals surface area contributed by atoms with Crippen molar-refractivity contribution in [3.8, 4) is 0 Å². The molecule has 4 aliphatic rings. The first-order valence-electron chi connectivity index (χ1n) is 16.6. The van der Waals surface area contributed by atoms with Gasteiger partial charge in [0.15, 0.2) is 0 Å². The van der Waals surface area contributed by atoms with Crippen LogP contribution in [-0.2, 0) is 28.7 Å². The van der Waals surface area contributed by atoms with Gasteiger partial charge in [-0.25, -0.2) is 19.2 Å². The van der Waals surface area contributed by atoms with Crippen molar-refractivity contribution in [1.29, 1.82) is 0 Å². The summed E-state index contributed by atoms with van der Waals surface area (Å²) in [5.41, 5.74) is -1.70. The van der Waals surface area contributed by atoms with E-state index in [2.05, 4.69) is 10.6 Å². The lowest BCUT2D eigenvalue weighted by Crippen LogP contribution is -2.60. The summed E-state index contributed by atoms with van der Waals surface area (Å²) in [6, 6.07) is -0.915. The number of rotatable bonds is 2. The topological polar surface area (TPSA) is 136 Å². The van der Waals surface area contributed by atoms with Crippen LogP contribution in [0.15, 0.2) is 0 Å². The SMILES string of the molecule is CC(C)(C)OC(=O)N(OC(=O)C(=O)ON(C(=O)OC(C)(C)C)C1C2CCCCCC1CNC2)C1C2CCCCCC1CNC2. The highest BCUT2D eigenvalue weighted by molar-refractivity contribution is 6.29. The van der Waals surface area contributed by atoms with E-state index in [1.165, 1.54) is 0 Å². The van der Waals surface area contributed by atoms with Gasteiger partial charge in [0.2, 0.25) is 0 Å². The molecular formula is C32H54N4O8. The van der Waals surface area contributed by atoms with Crippen molar-refractivity contribution >= 4 is 24.1 Å². The summed E-state index contributed by atoms with van der Waals surface area (Å²) in [5, 5.41) is 8.85. The molecule has 2 aliphatic carbocycles. The van der Waals surface area contributed by atoms with E-state index in [1.54, 1.807) is 41.5 Å². The van der Waals surface area contributed by atoms with Gasteiger partial charge in [-0.3, -0.25) is 0 Å². The molecule has 2 amide bonds. The van der Waals surface area contributed by atoms with Crippen molar-refractivity contribution < 1.29 is 38.3 Å². The number of carbonyl (C=O) groups is 4. The second-order valence-electron chi connectivity index (χ2n) is 15.0. The van der Waals surface area contributed by atoms with Gasteiger partial charge in [-0.2, -0.15) is 0 Å². The fraction of sp³-hybridized carbons (Fsp3) is 0.875. The predicted octanol–water partition coefficient (Wildman–Crippen LogP) is 4.71. The molecule has 2 saturated carbocycles.